The molecule has 124 valence electrons. The van der Waals surface area contributed by atoms with Crippen molar-refractivity contribution >= 4 is 0 Å². The molecular weight excluding hydrogens is 256 g/mol. The van der Waals surface area contributed by atoms with Crippen molar-refractivity contribution in [3.63, 3.8) is 0 Å². The van der Waals surface area contributed by atoms with E-state index in [1.54, 1.807) is 0 Å². The van der Waals surface area contributed by atoms with Crippen molar-refractivity contribution in [2.45, 2.75) is 97.2 Å². The van der Waals surface area contributed by atoms with Crippen molar-refractivity contribution in [1.82, 2.24) is 10.2 Å². The van der Waals surface area contributed by atoms with E-state index >= 15 is 0 Å². The zero-order valence-corrected chi connectivity index (χ0v) is 14.9. The molecule has 3 unspecified atom stereocenters. The molecule has 1 aliphatic heterocycles. The lowest BCUT2D eigenvalue weighted by molar-refractivity contribution is 0.115. The molecule has 0 amide bonds. The molecule has 1 aliphatic carbocycles. The summed E-state index contributed by atoms with van der Waals surface area (Å²) in [5.41, 5.74) is 0. The van der Waals surface area contributed by atoms with Gasteiger partial charge >= 0.3 is 0 Å². The van der Waals surface area contributed by atoms with Crippen LogP contribution in [0.15, 0.2) is 0 Å². The zero-order chi connectivity index (χ0) is 15.2. The van der Waals surface area contributed by atoms with Crippen LogP contribution in [-0.4, -0.2) is 36.1 Å². The summed E-state index contributed by atoms with van der Waals surface area (Å²) < 4.78 is 0. The molecule has 1 saturated carbocycles. The number of hydrogen-bond acceptors (Lipinski definition) is 2. The third kappa shape index (κ3) is 5.25. The Morgan fingerprint density at radius 1 is 0.905 bits per heavy atom. The number of hydrogen-bond donors (Lipinski definition) is 1. The molecule has 0 aromatic heterocycles. The van der Waals surface area contributed by atoms with Crippen LogP contribution in [0.2, 0.25) is 0 Å². The third-order valence-electron chi connectivity index (χ3n) is 5.90. The van der Waals surface area contributed by atoms with Gasteiger partial charge in [-0.15, -0.1) is 0 Å². The Morgan fingerprint density at radius 3 is 2.33 bits per heavy atom. The maximum Gasteiger partial charge on any atom is 0.0195 e. The lowest BCUT2D eigenvalue weighted by Gasteiger charge is -2.38. The highest BCUT2D eigenvalue weighted by Gasteiger charge is 2.28. The first kappa shape index (κ1) is 17.3. The van der Waals surface area contributed by atoms with E-state index in [9.17, 15) is 0 Å². The molecule has 0 aromatic rings. The fraction of sp³-hybridized carbons (Fsp3) is 1.00. The lowest BCUT2D eigenvalue weighted by atomic mass is 9.89. The summed E-state index contributed by atoms with van der Waals surface area (Å²) in [4.78, 5) is 2.83. The second kappa shape index (κ2) is 8.53. The maximum atomic E-state index is 3.74. The summed E-state index contributed by atoms with van der Waals surface area (Å²) in [5.74, 6) is 1.84. The molecule has 0 spiro atoms. The summed E-state index contributed by atoms with van der Waals surface area (Å²) in [5, 5.41) is 3.74. The van der Waals surface area contributed by atoms with Crippen LogP contribution in [-0.2, 0) is 0 Å². The Hall–Kier alpha value is -0.0800. The van der Waals surface area contributed by atoms with Gasteiger partial charge in [-0.25, -0.2) is 0 Å². The van der Waals surface area contributed by atoms with Crippen molar-refractivity contribution in [1.29, 1.82) is 0 Å². The topological polar surface area (TPSA) is 15.3 Å². The summed E-state index contributed by atoms with van der Waals surface area (Å²) in [6, 6.07) is 2.26. The van der Waals surface area contributed by atoms with Gasteiger partial charge in [0.1, 0.15) is 0 Å². The molecule has 0 bridgehead atoms. The second-order valence-electron chi connectivity index (χ2n) is 8.10. The van der Waals surface area contributed by atoms with Gasteiger partial charge in [0, 0.05) is 24.7 Å². The Balaban J connectivity index is 1.90. The lowest BCUT2D eigenvalue weighted by Crippen LogP contribution is -2.49. The first-order valence-electron chi connectivity index (χ1n) is 9.57. The molecule has 21 heavy (non-hydrogen) atoms. The van der Waals surface area contributed by atoms with Gasteiger partial charge in [-0.2, -0.15) is 0 Å². The van der Waals surface area contributed by atoms with Gasteiger partial charge in [0.25, 0.3) is 0 Å². The molecular formula is C19H38N2. The summed E-state index contributed by atoms with van der Waals surface area (Å²) in [6.07, 6.45) is 11.4. The largest absolute Gasteiger partial charge is 0.313 e. The van der Waals surface area contributed by atoms with Crippen LogP contribution < -0.4 is 5.32 Å². The third-order valence-corrected chi connectivity index (χ3v) is 5.90. The highest BCUT2D eigenvalue weighted by atomic mass is 15.2. The molecule has 1 N–H and O–H groups in total. The van der Waals surface area contributed by atoms with Crippen molar-refractivity contribution in [2.24, 2.45) is 11.8 Å². The molecule has 2 heteroatoms. The Labute approximate surface area is 133 Å². The van der Waals surface area contributed by atoms with Gasteiger partial charge in [-0.1, -0.05) is 33.1 Å². The van der Waals surface area contributed by atoms with E-state index in [0.717, 1.165) is 23.9 Å². The molecule has 2 nitrogen and oxygen atoms in total. The zero-order valence-electron chi connectivity index (χ0n) is 14.9. The van der Waals surface area contributed by atoms with Crippen molar-refractivity contribution in [2.75, 3.05) is 13.1 Å². The Bertz CT molecular complexity index is 281. The first-order chi connectivity index (χ1) is 10.1. The Morgan fingerprint density at radius 2 is 1.71 bits per heavy atom. The minimum Gasteiger partial charge on any atom is -0.313 e. The predicted octanol–water partition coefficient (Wildman–Crippen LogP) is 4.44. The van der Waals surface area contributed by atoms with E-state index in [-0.39, 0.29) is 0 Å². The van der Waals surface area contributed by atoms with Gasteiger partial charge in [0.05, 0.1) is 0 Å². The van der Waals surface area contributed by atoms with E-state index in [2.05, 4.69) is 37.9 Å². The molecule has 0 radical (unpaired) electrons. The van der Waals surface area contributed by atoms with Crippen molar-refractivity contribution in [3.8, 4) is 0 Å². The predicted molar refractivity (Wildman–Crippen MR) is 92.7 cm³/mol. The molecule has 2 aliphatic rings. The quantitative estimate of drug-likeness (QED) is 0.754. The number of nitrogens with zero attached hydrogens (tertiary/aromatic N) is 1. The minimum atomic E-state index is 0.689. The number of rotatable bonds is 5. The average Bonchev–Trinajstić information content (AvgIpc) is 2.71. The maximum absolute atomic E-state index is 3.74. The van der Waals surface area contributed by atoms with Crippen LogP contribution in [0.25, 0.3) is 0 Å². The van der Waals surface area contributed by atoms with Crippen molar-refractivity contribution < 1.29 is 0 Å². The van der Waals surface area contributed by atoms with Crippen LogP contribution in [0.4, 0.5) is 0 Å². The fourth-order valence-electron chi connectivity index (χ4n) is 4.42. The summed E-state index contributed by atoms with van der Waals surface area (Å²) in [6.45, 7) is 12.1. The van der Waals surface area contributed by atoms with Crippen LogP contribution in [0.3, 0.4) is 0 Å². The molecule has 1 heterocycles. The van der Waals surface area contributed by atoms with Gasteiger partial charge in [-0.3, -0.25) is 4.90 Å². The number of piperidine rings is 1. The first-order valence-corrected chi connectivity index (χ1v) is 9.57. The second-order valence-corrected chi connectivity index (χ2v) is 8.10. The van der Waals surface area contributed by atoms with Gasteiger partial charge in [0.2, 0.25) is 0 Å². The molecule has 1 saturated heterocycles. The van der Waals surface area contributed by atoms with Gasteiger partial charge in [0.15, 0.2) is 0 Å². The average molecular weight is 295 g/mol. The monoisotopic (exact) mass is 294 g/mol. The van der Waals surface area contributed by atoms with E-state index < -0.39 is 0 Å². The van der Waals surface area contributed by atoms with E-state index in [4.69, 9.17) is 0 Å². The van der Waals surface area contributed by atoms with Gasteiger partial charge < -0.3 is 5.32 Å². The summed E-state index contributed by atoms with van der Waals surface area (Å²) >= 11 is 0. The van der Waals surface area contributed by atoms with E-state index in [1.807, 2.05) is 0 Å². The van der Waals surface area contributed by atoms with Gasteiger partial charge in [-0.05, 0) is 64.3 Å². The Kier molecular flexibility index (Phi) is 7.01. The smallest absolute Gasteiger partial charge is 0.0195 e. The molecule has 2 fully saturated rings. The molecule has 0 aromatic carbocycles. The minimum absolute atomic E-state index is 0.689. The SMILES string of the molecule is CC(C)C1CCCC(N(CC2CCCCN2)C(C)C)CC1. The van der Waals surface area contributed by atoms with E-state index in [1.165, 1.54) is 64.5 Å². The fourth-order valence-corrected chi connectivity index (χ4v) is 4.42. The highest BCUT2D eigenvalue weighted by Crippen LogP contribution is 2.31. The molecule has 2 rings (SSSR count). The van der Waals surface area contributed by atoms with Crippen molar-refractivity contribution in [3.05, 3.63) is 0 Å². The van der Waals surface area contributed by atoms with Crippen LogP contribution in [0, 0.1) is 11.8 Å². The highest BCUT2D eigenvalue weighted by molar-refractivity contribution is 4.84. The van der Waals surface area contributed by atoms with E-state index in [0.29, 0.717) is 6.04 Å². The van der Waals surface area contributed by atoms with Crippen LogP contribution >= 0.6 is 0 Å². The standard InChI is InChI=1S/C19H38N2/c1-15(2)17-8-7-10-19(12-11-17)21(16(3)4)14-18-9-5-6-13-20-18/h15-20H,5-14H2,1-4H3. The molecule has 3 atom stereocenters. The normalized spacial score (nSPS) is 31.9. The van der Waals surface area contributed by atoms with Crippen LogP contribution in [0.1, 0.15) is 79.1 Å². The van der Waals surface area contributed by atoms with Crippen LogP contribution in [0.5, 0.6) is 0 Å². The number of nitrogens with one attached hydrogen (secondary N) is 1. The summed E-state index contributed by atoms with van der Waals surface area (Å²) in [7, 11) is 0.